The van der Waals surface area contributed by atoms with Crippen LogP contribution in [0.5, 0.6) is 0 Å². The number of aryl methyl sites for hydroxylation is 1. The molecule has 0 aliphatic rings. The molecule has 1 aromatic rings. The molecule has 0 saturated carbocycles. The van der Waals surface area contributed by atoms with Crippen molar-refractivity contribution in [2.75, 3.05) is 0 Å². The monoisotopic (exact) mass is 372 g/mol. The van der Waals surface area contributed by atoms with E-state index < -0.39 is 11.6 Å². The summed E-state index contributed by atoms with van der Waals surface area (Å²) in [6.07, 6.45) is 4.80. The van der Waals surface area contributed by atoms with Crippen molar-refractivity contribution in [3.8, 4) is 0 Å². The van der Waals surface area contributed by atoms with E-state index in [9.17, 15) is 9.59 Å². The van der Waals surface area contributed by atoms with Crippen LogP contribution in [0.2, 0.25) is 0 Å². The zero-order chi connectivity index (χ0) is 19.5. The summed E-state index contributed by atoms with van der Waals surface area (Å²) in [5, 5.41) is 13.8. The number of thiazole rings is 1. The first-order valence-electron chi connectivity index (χ1n) is 8.80. The lowest BCUT2D eigenvalue weighted by molar-refractivity contribution is 0.0499. The van der Waals surface area contributed by atoms with E-state index in [-0.39, 0.29) is 17.8 Å². The number of hydrogen-bond acceptors (Lipinski definition) is 5. The molecule has 1 rings (SSSR count). The number of unbranched alkanes of at least 4 members (excludes halogenated alkanes) is 1. The topological polar surface area (TPSA) is 88.5 Å². The summed E-state index contributed by atoms with van der Waals surface area (Å²) in [5.41, 5.74) is -0.255. The number of aromatic nitrogens is 1. The molecule has 1 heterocycles. The number of alkyl carbamates (subject to hydrolysis) is 1. The van der Waals surface area contributed by atoms with Crippen molar-refractivity contribution in [3.05, 3.63) is 16.1 Å². The Kier molecular flexibility index (Phi) is 11.1. The number of carbonyl (C=O) groups is 2. The van der Waals surface area contributed by atoms with Crippen molar-refractivity contribution in [1.29, 1.82) is 0 Å². The van der Waals surface area contributed by atoms with Crippen LogP contribution in [0.25, 0.3) is 0 Å². The van der Waals surface area contributed by atoms with Gasteiger partial charge in [-0.1, -0.05) is 33.6 Å². The van der Waals surface area contributed by atoms with Crippen molar-refractivity contribution in [3.63, 3.8) is 0 Å². The van der Waals surface area contributed by atoms with Crippen LogP contribution in [0.1, 0.15) is 82.7 Å². The third-order valence-electron chi connectivity index (χ3n) is 3.19. The van der Waals surface area contributed by atoms with Crippen molar-refractivity contribution in [2.24, 2.45) is 0 Å². The van der Waals surface area contributed by atoms with Gasteiger partial charge in [-0.05, 0) is 40.0 Å². The van der Waals surface area contributed by atoms with Crippen LogP contribution in [0.3, 0.4) is 0 Å². The van der Waals surface area contributed by atoms with Crippen LogP contribution >= 0.6 is 11.3 Å². The van der Waals surface area contributed by atoms with Crippen molar-refractivity contribution < 1.29 is 19.4 Å². The molecule has 7 heteroatoms. The van der Waals surface area contributed by atoms with Crippen LogP contribution in [0.4, 0.5) is 4.79 Å². The first-order valence-corrected chi connectivity index (χ1v) is 9.68. The quantitative estimate of drug-likeness (QED) is 0.712. The maximum atomic E-state index is 11.5. The van der Waals surface area contributed by atoms with Crippen molar-refractivity contribution in [2.45, 2.75) is 85.3 Å². The number of nitrogens with one attached hydrogen (secondary N) is 1. The van der Waals surface area contributed by atoms with Gasteiger partial charge in [0.15, 0.2) is 5.69 Å². The Morgan fingerprint density at radius 2 is 1.96 bits per heavy atom. The Balaban J connectivity index is 0.000000496. The van der Waals surface area contributed by atoms with Crippen LogP contribution in [-0.4, -0.2) is 33.8 Å². The molecule has 0 radical (unpaired) electrons. The lowest BCUT2D eigenvalue weighted by Gasteiger charge is -2.23. The first-order chi connectivity index (χ1) is 11.6. The average molecular weight is 373 g/mol. The molecule has 1 atom stereocenters. The third kappa shape index (κ3) is 11.5. The minimum absolute atomic E-state index is 0.154. The number of carboxylic acid groups (broad SMARTS) is 1. The summed E-state index contributed by atoms with van der Waals surface area (Å²) >= 11 is 1.39. The normalized spacial score (nSPS) is 11.9. The van der Waals surface area contributed by atoms with Gasteiger partial charge in [0.05, 0.1) is 5.01 Å². The number of amides is 1. The van der Waals surface area contributed by atoms with E-state index in [0.717, 1.165) is 37.1 Å². The molecule has 0 aromatic carbocycles. The molecule has 0 fully saturated rings. The number of ether oxygens (including phenoxy) is 1. The van der Waals surface area contributed by atoms with Gasteiger partial charge >= 0.3 is 12.1 Å². The molecule has 1 aromatic heterocycles. The molecule has 0 aliphatic carbocycles. The summed E-state index contributed by atoms with van der Waals surface area (Å²) in [5.74, 6) is -0.948. The summed E-state index contributed by atoms with van der Waals surface area (Å²) in [4.78, 5) is 25.6. The molecule has 0 spiro atoms. The minimum Gasteiger partial charge on any atom is -0.476 e. The van der Waals surface area contributed by atoms with Gasteiger partial charge in [-0.2, -0.15) is 0 Å². The molecular formula is C18H32N2O4S. The van der Waals surface area contributed by atoms with E-state index in [0.29, 0.717) is 0 Å². The second-order valence-electron chi connectivity index (χ2n) is 6.68. The molecule has 144 valence electrons. The number of aromatic carboxylic acids is 1. The maximum absolute atomic E-state index is 11.5. The van der Waals surface area contributed by atoms with E-state index in [1.807, 2.05) is 27.7 Å². The molecule has 0 aliphatic heterocycles. The van der Waals surface area contributed by atoms with Crippen molar-refractivity contribution in [1.82, 2.24) is 10.3 Å². The number of hydrogen-bond donors (Lipinski definition) is 2. The molecule has 0 saturated heterocycles. The van der Waals surface area contributed by atoms with Gasteiger partial charge < -0.3 is 15.2 Å². The highest BCUT2D eigenvalue weighted by atomic mass is 32.1. The van der Waals surface area contributed by atoms with E-state index in [1.165, 1.54) is 11.3 Å². The summed E-state index contributed by atoms with van der Waals surface area (Å²) in [6.45, 7) is 11.8. The second-order valence-corrected chi connectivity index (χ2v) is 7.62. The SMILES string of the molecule is CCCCC(CC)NC(=O)OC(C)(C)C.CCc1nc(C(=O)O)cs1. The first kappa shape index (κ1) is 23.4. The number of nitrogens with zero attached hydrogens (tertiary/aromatic N) is 1. The van der Waals surface area contributed by atoms with Gasteiger partial charge in [-0.15, -0.1) is 11.3 Å². The Labute approximate surface area is 155 Å². The largest absolute Gasteiger partial charge is 0.476 e. The van der Waals surface area contributed by atoms with E-state index >= 15 is 0 Å². The molecule has 0 bridgehead atoms. The van der Waals surface area contributed by atoms with Crippen molar-refractivity contribution >= 4 is 23.4 Å². The highest BCUT2D eigenvalue weighted by molar-refractivity contribution is 7.09. The van der Waals surface area contributed by atoms with Gasteiger partial charge in [0.2, 0.25) is 0 Å². The molecule has 6 nitrogen and oxygen atoms in total. The van der Waals surface area contributed by atoms with E-state index in [1.54, 1.807) is 5.38 Å². The highest BCUT2D eigenvalue weighted by Crippen LogP contribution is 2.10. The van der Waals surface area contributed by atoms with Crippen LogP contribution < -0.4 is 5.32 Å². The van der Waals surface area contributed by atoms with Gasteiger partial charge in [0.25, 0.3) is 0 Å². The lowest BCUT2D eigenvalue weighted by Crippen LogP contribution is -2.38. The Hall–Kier alpha value is -1.63. The van der Waals surface area contributed by atoms with Gasteiger partial charge in [0.1, 0.15) is 5.60 Å². The smallest absolute Gasteiger partial charge is 0.407 e. The van der Waals surface area contributed by atoms with E-state index in [2.05, 4.69) is 24.1 Å². The fraction of sp³-hybridized carbons (Fsp3) is 0.722. The second kappa shape index (κ2) is 11.8. The Morgan fingerprint density at radius 1 is 1.32 bits per heavy atom. The predicted octanol–water partition coefficient (Wildman–Crippen LogP) is 4.88. The fourth-order valence-corrected chi connectivity index (χ4v) is 2.59. The third-order valence-corrected chi connectivity index (χ3v) is 4.19. The van der Waals surface area contributed by atoms with Gasteiger partial charge in [-0.25, -0.2) is 14.6 Å². The van der Waals surface area contributed by atoms with Crippen LogP contribution in [-0.2, 0) is 11.2 Å². The summed E-state index contributed by atoms with van der Waals surface area (Å²) in [7, 11) is 0. The average Bonchev–Trinajstić information content (AvgIpc) is 2.99. The summed E-state index contributed by atoms with van der Waals surface area (Å²) < 4.78 is 5.20. The lowest BCUT2D eigenvalue weighted by atomic mass is 10.1. The standard InChI is InChI=1S/C12H25NO2.C6H7NO2S/c1-6-8-9-10(7-2)13-11(14)15-12(3,4)5;1-2-5-7-4(3-10-5)6(8)9/h10H,6-9H2,1-5H3,(H,13,14);3H,2H2,1H3,(H,8,9). The van der Waals surface area contributed by atoms with Gasteiger partial charge in [0, 0.05) is 11.4 Å². The Bertz CT molecular complexity index is 523. The molecule has 2 N–H and O–H groups in total. The molecule has 25 heavy (non-hydrogen) atoms. The number of carboxylic acids is 1. The zero-order valence-corrected chi connectivity index (χ0v) is 17.0. The van der Waals surface area contributed by atoms with Crippen LogP contribution in [0, 0.1) is 0 Å². The number of rotatable bonds is 7. The molecule has 1 amide bonds. The number of carbonyl (C=O) groups excluding carboxylic acids is 1. The zero-order valence-electron chi connectivity index (χ0n) is 16.2. The Morgan fingerprint density at radius 3 is 2.32 bits per heavy atom. The maximum Gasteiger partial charge on any atom is 0.407 e. The minimum atomic E-state index is -0.948. The highest BCUT2D eigenvalue weighted by Gasteiger charge is 2.18. The molecule has 1 unspecified atom stereocenters. The van der Waals surface area contributed by atoms with E-state index in [4.69, 9.17) is 9.84 Å². The summed E-state index contributed by atoms with van der Waals surface area (Å²) in [6, 6.07) is 0.250. The van der Waals surface area contributed by atoms with Gasteiger partial charge in [-0.3, -0.25) is 0 Å². The fourth-order valence-electron chi connectivity index (χ4n) is 1.87. The van der Waals surface area contributed by atoms with Crippen LogP contribution in [0.15, 0.2) is 5.38 Å². The predicted molar refractivity (Wildman–Crippen MR) is 101 cm³/mol. The molecular weight excluding hydrogens is 340 g/mol.